The Hall–Kier alpha value is -3.02. The lowest BCUT2D eigenvalue weighted by molar-refractivity contribution is -0.111. The van der Waals surface area contributed by atoms with Gasteiger partial charge in [0.05, 0.1) is 12.8 Å². The van der Waals surface area contributed by atoms with Gasteiger partial charge < -0.3 is 10.1 Å². The van der Waals surface area contributed by atoms with E-state index in [0.29, 0.717) is 28.5 Å². The van der Waals surface area contributed by atoms with Crippen molar-refractivity contribution in [3.8, 4) is 5.88 Å². The SMILES string of the molecule is COc1ccc(NC2=CC(=O)C(=O)c3ccccc32)nn1. The zero-order valence-corrected chi connectivity index (χ0v) is 11.2. The predicted molar refractivity (Wildman–Crippen MR) is 76.0 cm³/mol. The van der Waals surface area contributed by atoms with E-state index in [-0.39, 0.29) is 0 Å². The van der Waals surface area contributed by atoms with Crippen molar-refractivity contribution in [2.75, 3.05) is 12.4 Å². The summed E-state index contributed by atoms with van der Waals surface area (Å²) in [5.41, 5.74) is 1.57. The van der Waals surface area contributed by atoms with Crippen LogP contribution in [0.5, 0.6) is 5.88 Å². The molecular weight excluding hydrogens is 270 g/mol. The Labute approximate surface area is 120 Å². The lowest BCUT2D eigenvalue weighted by atomic mass is 9.93. The highest BCUT2D eigenvalue weighted by atomic mass is 16.5. The standard InChI is InChI=1S/C15H11N3O3/c1-21-14-7-6-13(17-18-14)16-11-8-12(19)15(20)10-5-3-2-4-9(10)11/h2-8H,1H3,(H,16,17). The van der Waals surface area contributed by atoms with Gasteiger partial charge in [0.15, 0.2) is 5.82 Å². The topological polar surface area (TPSA) is 81.2 Å². The summed E-state index contributed by atoms with van der Waals surface area (Å²) in [4.78, 5) is 23.6. The van der Waals surface area contributed by atoms with Crippen molar-refractivity contribution in [3.63, 3.8) is 0 Å². The molecule has 104 valence electrons. The summed E-state index contributed by atoms with van der Waals surface area (Å²) in [6.07, 6.45) is 1.27. The third kappa shape index (κ3) is 2.38. The largest absolute Gasteiger partial charge is 0.480 e. The Morgan fingerprint density at radius 2 is 1.76 bits per heavy atom. The molecule has 0 atom stereocenters. The van der Waals surface area contributed by atoms with E-state index < -0.39 is 11.6 Å². The normalized spacial score (nSPS) is 13.5. The Morgan fingerprint density at radius 1 is 1.00 bits per heavy atom. The molecule has 0 aliphatic heterocycles. The molecule has 1 aromatic heterocycles. The van der Waals surface area contributed by atoms with Crippen LogP contribution in [0.2, 0.25) is 0 Å². The zero-order valence-electron chi connectivity index (χ0n) is 11.2. The molecule has 1 aromatic carbocycles. The number of allylic oxidation sites excluding steroid dienone is 1. The van der Waals surface area contributed by atoms with Gasteiger partial charge in [0.1, 0.15) is 0 Å². The highest BCUT2D eigenvalue weighted by Gasteiger charge is 2.25. The van der Waals surface area contributed by atoms with Gasteiger partial charge in [-0.3, -0.25) is 9.59 Å². The van der Waals surface area contributed by atoms with Crippen LogP contribution < -0.4 is 10.1 Å². The summed E-state index contributed by atoms with van der Waals surface area (Å²) < 4.78 is 4.93. The van der Waals surface area contributed by atoms with Crippen molar-refractivity contribution in [1.29, 1.82) is 0 Å². The first-order valence-corrected chi connectivity index (χ1v) is 6.23. The molecule has 21 heavy (non-hydrogen) atoms. The zero-order chi connectivity index (χ0) is 14.8. The number of Topliss-reactive ketones (excluding diaryl/α,β-unsaturated/α-hetero) is 1. The van der Waals surface area contributed by atoms with Crippen molar-refractivity contribution >= 4 is 23.1 Å². The first-order chi connectivity index (χ1) is 10.2. The minimum absolute atomic E-state index is 0.383. The number of methoxy groups -OCH3 is 1. The monoisotopic (exact) mass is 281 g/mol. The fourth-order valence-electron chi connectivity index (χ4n) is 2.06. The molecule has 3 rings (SSSR count). The molecule has 0 radical (unpaired) electrons. The highest BCUT2D eigenvalue weighted by Crippen LogP contribution is 2.25. The summed E-state index contributed by atoms with van der Waals surface area (Å²) in [6.45, 7) is 0. The fraction of sp³-hybridized carbons (Fsp3) is 0.0667. The van der Waals surface area contributed by atoms with Gasteiger partial charge in [-0.15, -0.1) is 10.2 Å². The number of ether oxygens (including phenoxy) is 1. The van der Waals surface area contributed by atoms with Crippen LogP contribution in [0.1, 0.15) is 15.9 Å². The molecule has 0 fully saturated rings. The second kappa shape index (κ2) is 5.16. The van der Waals surface area contributed by atoms with Gasteiger partial charge >= 0.3 is 0 Å². The number of fused-ring (bicyclic) bond motifs is 1. The summed E-state index contributed by atoms with van der Waals surface area (Å²) in [7, 11) is 1.50. The van der Waals surface area contributed by atoms with Gasteiger partial charge in [-0.05, 0) is 6.07 Å². The maximum atomic E-state index is 11.8. The Balaban J connectivity index is 1.96. The maximum absolute atomic E-state index is 11.8. The van der Waals surface area contributed by atoms with Gasteiger partial charge in [0.2, 0.25) is 17.4 Å². The van der Waals surface area contributed by atoms with Crippen LogP contribution >= 0.6 is 0 Å². The van der Waals surface area contributed by atoms with Gasteiger partial charge in [-0.1, -0.05) is 24.3 Å². The summed E-state index contributed by atoms with van der Waals surface area (Å²) in [5, 5.41) is 10.8. The van der Waals surface area contributed by atoms with E-state index in [0.717, 1.165) is 0 Å². The van der Waals surface area contributed by atoms with Gasteiger partial charge in [0.25, 0.3) is 0 Å². The minimum Gasteiger partial charge on any atom is -0.480 e. The van der Waals surface area contributed by atoms with E-state index in [1.54, 1.807) is 36.4 Å². The number of nitrogens with one attached hydrogen (secondary N) is 1. The van der Waals surface area contributed by atoms with Gasteiger partial charge in [-0.2, -0.15) is 0 Å². The number of hydrogen-bond donors (Lipinski definition) is 1. The van der Waals surface area contributed by atoms with Crippen LogP contribution in [0, 0.1) is 0 Å². The van der Waals surface area contributed by atoms with Crippen molar-refractivity contribution in [2.45, 2.75) is 0 Å². The Bertz CT molecular complexity index is 751. The number of hydrogen-bond acceptors (Lipinski definition) is 6. The van der Waals surface area contributed by atoms with E-state index >= 15 is 0 Å². The van der Waals surface area contributed by atoms with E-state index in [2.05, 4.69) is 15.5 Å². The Morgan fingerprint density at radius 3 is 2.43 bits per heavy atom. The summed E-state index contributed by atoms with van der Waals surface area (Å²) in [6, 6.07) is 10.3. The molecule has 1 heterocycles. The molecule has 6 nitrogen and oxygen atoms in total. The van der Waals surface area contributed by atoms with Crippen molar-refractivity contribution < 1.29 is 14.3 Å². The van der Waals surface area contributed by atoms with Crippen LogP contribution in [0.4, 0.5) is 5.82 Å². The predicted octanol–water partition coefficient (Wildman–Crippen LogP) is 1.70. The quantitative estimate of drug-likeness (QED) is 0.862. The van der Waals surface area contributed by atoms with E-state index in [9.17, 15) is 9.59 Å². The van der Waals surface area contributed by atoms with Crippen LogP contribution in [-0.2, 0) is 4.79 Å². The second-order valence-electron chi connectivity index (χ2n) is 4.38. The van der Waals surface area contributed by atoms with Crippen LogP contribution in [-0.4, -0.2) is 28.9 Å². The van der Waals surface area contributed by atoms with E-state index in [1.807, 2.05) is 0 Å². The van der Waals surface area contributed by atoms with E-state index in [1.165, 1.54) is 13.2 Å². The maximum Gasteiger partial charge on any atom is 0.233 e. The number of carbonyl (C=O) groups excluding carboxylic acids is 2. The van der Waals surface area contributed by atoms with Gasteiger partial charge in [0, 0.05) is 23.3 Å². The number of benzene rings is 1. The number of carbonyl (C=O) groups is 2. The van der Waals surface area contributed by atoms with Crippen molar-refractivity contribution in [2.24, 2.45) is 0 Å². The third-order valence-corrected chi connectivity index (χ3v) is 3.07. The summed E-state index contributed by atoms with van der Waals surface area (Å²) in [5.74, 6) is -0.210. The lowest BCUT2D eigenvalue weighted by Gasteiger charge is -2.17. The minimum atomic E-state index is -0.558. The van der Waals surface area contributed by atoms with Crippen molar-refractivity contribution in [3.05, 3.63) is 53.6 Å². The average Bonchev–Trinajstić information content (AvgIpc) is 2.53. The molecule has 0 amide bonds. The number of aromatic nitrogens is 2. The lowest BCUT2D eigenvalue weighted by Crippen LogP contribution is -2.21. The highest BCUT2D eigenvalue weighted by molar-refractivity contribution is 6.50. The first kappa shape index (κ1) is 13.0. The molecular formula is C15H11N3O3. The number of anilines is 1. The van der Waals surface area contributed by atoms with Crippen LogP contribution in [0.25, 0.3) is 5.70 Å². The molecule has 0 spiro atoms. The first-order valence-electron chi connectivity index (χ1n) is 6.23. The van der Waals surface area contributed by atoms with Crippen LogP contribution in [0.3, 0.4) is 0 Å². The number of rotatable bonds is 3. The molecule has 1 aliphatic rings. The van der Waals surface area contributed by atoms with E-state index in [4.69, 9.17) is 4.74 Å². The number of nitrogens with zero attached hydrogens (tertiary/aromatic N) is 2. The molecule has 1 aliphatic carbocycles. The van der Waals surface area contributed by atoms with Gasteiger partial charge in [-0.25, -0.2) is 0 Å². The molecule has 1 N–H and O–H groups in total. The smallest absolute Gasteiger partial charge is 0.233 e. The summed E-state index contributed by atoms with van der Waals surface area (Å²) >= 11 is 0. The molecule has 2 aromatic rings. The fourth-order valence-corrected chi connectivity index (χ4v) is 2.06. The number of ketones is 2. The average molecular weight is 281 g/mol. The Kier molecular flexibility index (Phi) is 3.19. The molecule has 0 bridgehead atoms. The molecule has 0 unspecified atom stereocenters. The molecule has 0 saturated carbocycles. The second-order valence-corrected chi connectivity index (χ2v) is 4.38. The molecule has 6 heteroatoms. The van der Waals surface area contributed by atoms with Crippen LogP contribution in [0.15, 0.2) is 42.5 Å². The third-order valence-electron chi connectivity index (χ3n) is 3.07. The van der Waals surface area contributed by atoms with Crippen molar-refractivity contribution in [1.82, 2.24) is 10.2 Å². The molecule has 0 saturated heterocycles.